The molecular weight excluding hydrogens is 186 g/mol. The van der Waals surface area contributed by atoms with Crippen molar-refractivity contribution in [2.24, 2.45) is 17.8 Å². The zero-order chi connectivity index (χ0) is 11.2. The van der Waals surface area contributed by atoms with Crippen molar-refractivity contribution >= 4 is 5.91 Å². The van der Waals surface area contributed by atoms with Gasteiger partial charge in [0.1, 0.15) is 0 Å². The molecule has 0 N–H and O–H groups in total. The van der Waals surface area contributed by atoms with E-state index in [1.807, 2.05) is 4.90 Å². The molecule has 2 nitrogen and oxygen atoms in total. The summed E-state index contributed by atoms with van der Waals surface area (Å²) in [7, 11) is 0. The molecule has 1 aliphatic carbocycles. The molecule has 0 aromatic heterocycles. The number of allylic oxidation sites excluding steroid dienone is 1. The molecule has 0 unspecified atom stereocenters. The molecule has 0 bridgehead atoms. The van der Waals surface area contributed by atoms with Gasteiger partial charge in [-0.1, -0.05) is 12.5 Å². The van der Waals surface area contributed by atoms with Crippen LogP contribution in [0.5, 0.6) is 0 Å². The Balaban J connectivity index is 2.32. The van der Waals surface area contributed by atoms with Crippen LogP contribution in [0.4, 0.5) is 0 Å². The van der Waals surface area contributed by atoms with E-state index in [0.717, 1.165) is 0 Å². The Morgan fingerprint density at radius 1 is 1.40 bits per heavy atom. The molecule has 2 rings (SSSR count). The van der Waals surface area contributed by atoms with E-state index < -0.39 is 0 Å². The smallest absolute Gasteiger partial charge is 0.230 e. The highest BCUT2D eigenvalue weighted by molar-refractivity contribution is 5.82. The Kier molecular flexibility index (Phi) is 2.61. The minimum Gasteiger partial charge on any atom is -0.316 e. The number of hydrogen-bond acceptors (Lipinski definition) is 1. The van der Waals surface area contributed by atoms with E-state index in [9.17, 15) is 4.79 Å². The van der Waals surface area contributed by atoms with Gasteiger partial charge in [-0.15, -0.1) is 0 Å². The molecule has 1 amide bonds. The molecular formula is C13H21NO. The van der Waals surface area contributed by atoms with Crippen LogP contribution in [0.1, 0.15) is 40.5 Å². The maximum atomic E-state index is 12.3. The number of fused-ring (bicyclic) bond motifs is 1. The molecule has 1 saturated carbocycles. The van der Waals surface area contributed by atoms with Crippen LogP contribution >= 0.6 is 0 Å². The topological polar surface area (TPSA) is 20.3 Å². The number of nitrogens with zero attached hydrogens (tertiary/aromatic N) is 1. The fraction of sp³-hybridized carbons (Fsp3) is 0.769. The molecule has 0 aromatic rings. The maximum Gasteiger partial charge on any atom is 0.230 e. The normalized spacial score (nSPS) is 35.8. The lowest BCUT2D eigenvalue weighted by Gasteiger charge is -2.36. The Bertz CT molecular complexity index is 306. The Labute approximate surface area is 92.3 Å². The minimum atomic E-state index is 0.261. The molecule has 0 saturated heterocycles. The number of carbonyl (C=O) groups excluding carboxylic acids is 1. The Morgan fingerprint density at radius 3 is 2.67 bits per heavy atom. The van der Waals surface area contributed by atoms with Crippen molar-refractivity contribution in [3.8, 4) is 0 Å². The molecule has 0 aromatic carbocycles. The maximum absolute atomic E-state index is 12.3. The summed E-state index contributed by atoms with van der Waals surface area (Å²) < 4.78 is 0. The van der Waals surface area contributed by atoms with Gasteiger partial charge in [0.2, 0.25) is 5.91 Å². The van der Waals surface area contributed by atoms with Crippen LogP contribution in [0.2, 0.25) is 0 Å². The van der Waals surface area contributed by atoms with E-state index in [4.69, 9.17) is 0 Å². The van der Waals surface area contributed by atoms with Crippen LogP contribution in [0, 0.1) is 17.8 Å². The third kappa shape index (κ3) is 1.60. The third-order valence-corrected chi connectivity index (χ3v) is 4.00. The number of rotatable bonds is 1. The van der Waals surface area contributed by atoms with E-state index in [-0.39, 0.29) is 5.92 Å². The molecule has 0 radical (unpaired) electrons. The lowest BCUT2D eigenvalue weighted by atomic mass is 9.82. The summed E-state index contributed by atoms with van der Waals surface area (Å²) >= 11 is 0. The summed E-state index contributed by atoms with van der Waals surface area (Å²) in [6, 6.07) is 0.293. The first-order chi connectivity index (χ1) is 7.02. The largest absolute Gasteiger partial charge is 0.316 e. The standard InChI is InChI=1S/C13H21NO/c1-8(2)14-7-10(4)11-6-5-9(3)12(11)13(14)15/h7-9,11-12H,5-6H2,1-4H3/t9-,11+,12+/m0/s1. The highest BCUT2D eigenvalue weighted by Gasteiger charge is 2.44. The van der Waals surface area contributed by atoms with E-state index in [2.05, 4.69) is 33.9 Å². The van der Waals surface area contributed by atoms with Gasteiger partial charge in [0.25, 0.3) is 0 Å². The fourth-order valence-corrected chi connectivity index (χ4v) is 3.08. The van der Waals surface area contributed by atoms with Crippen molar-refractivity contribution in [1.82, 2.24) is 4.90 Å². The molecule has 1 heterocycles. The molecule has 1 fully saturated rings. The SMILES string of the molecule is CC1=CN(C(C)C)C(=O)[C@H]2[C@@H]1CC[C@@H]2C. The summed E-state index contributed by atoms with van der Waals surface area (Å²) in [5.74, 6) is 1.71. The molecule has 84 valence electrons. The molecule has 1 aliphatic heterocycles. The van der Waals surface area contributed by atoms with Crippen molar-refractivity contribution in [1.29, 1.82) is 0 Å². The molecule has 2 heteroatoms. The van der Waals surface area contributed by atoms with Gasteiger partial charge in [0.05, 0.1) is 0 Å². The monoisotopic (exact) mass is 207 g/mol. The molecule has 15 heavy (non-hydrogen) atoms. The quantitative estimate of drug-likeness (QED) is 0.647. The molecule has 3 atom stereocenters. The summed E-state index contributed by atoms with van der Waals surface area (Å²) in [5, 5.41) is 0. The van der Waals surface area contributed by atoms with Crippen LogP contribution in [0.3, 0.4) is 0 Å². The molecule has 0 spiro atoms. The number of hydrogen-bond donors (Lipinski definition) is 0. The van der Waals surface area contributed by atoms with Gasteiger partial charge in [0, 0.05) is 18.2 Å². The molecule has 2 aliphatic rings. The first-order valence-corrected chi connectivity index (χ1v) is 6.03. The van der Waals surface area contributed by atoms with Crippen molar-refractivity contribution in [2.45, 2.75) is 46.6 Å². The average Bonchev–Trinajstić information content (AvgIpc) is 2.54. The van der Waals surface area contributed by atoms with Gasteiger partial charge >= 0.3 is 0 Å². The van der Waals surface area contributed by atoms with Gasteiger partial charge < -0.3 is 4.90 Å². The summed E-state index contributed by atoms with van der Waals surface area (Å²) in [5.41, 5.74) is 1.40. The van der Waals surface area contributed by atoms with Crippen molar-refractivity contribution < 1.29 is 4.79 Å². The van der Waals surface area contributed by atoms with Gasteiger partial charge in [-0.25, -0.2) is 0 Å². The average molecular weight is 207 g/mol. The van der Waals surface area contributed by atoms with E-state index in [1.165, 1.54) is 18.4 Å². The second-order valence-corrected chi connectivity index (χ2v) is 5.40. The van der Waals surface area contributed by atoms with E-state index in [1.54, 1.807) is 0 Å². The van der Waals surface area contributed by atoms with Gasteiger partial charge in [-0.2, -0.15) is 0 Å². The van der Waals surface area contributed by atoms with E-state index >= 15 is 0 Å². The lowest BCUT2D eigenvalue weighted by molar-refractivity contribution is -0.137. The van der Waals surface area contributed by atoms with Crippen molar-refractivity contribution in [2.75, 3.05) is 0 Å². The van der Waals surface area contributed by atoms with Crippen LogP contribution in [0.15, 0.2) is 11.8 Å². The van der Waals surface area contributed by atoms with Gasteiger partial charge in [-0.05, 0) is 45.4 Å². The predicted molar refractivity (Wildman–Crippen MR) is 61.1 cm³/mol. The van der Waals surface area contributed by atoms with Gasteiger partial charge in [-0.3, -0.25) is 4.79 Å². The Hall–Kier alpha value is -0.790. The minimum absolute atomic E-state index is 0.261. The zero-order valence-electron chi connectivity index (χ0n) is 10.2. The van der Waals surface area contributed by atoms with Gasteiger partial charge in [0.15, 0.2) is 0 Å². The second-order valence-electron chi connectivity index (χ2n) is 5.40. The lowest BCUT2D eigenvalue weighted by Crippen LogP contribution is -2.43. The van der Waals surface area contributed by atoms with E-state index in [0.29, 0.717) is 23.8 Å². The summed E-state index contributed by atoms with van der Waals surface area (Å²) in [6.45, 7) is 8.57. The Morgan fingerprint density at radius 2 is 2.07 bits per heavy atom. The van der Waals surface area contributed by atoms with Crippen LogP contribution in [-0.4, -0.2) is 16.8 Å². The summed E-state index contributed by atoms with van der Waals surface area (Å²) in [4.78, 5) is 14.2. The highest BCUT2D eigenvalue weighted by Crippen LogP contribution is 2.44. The number of carbonyl (C=O) groups is 1. The highest BCUT2D eigenvalue weighted by atomic mass is 16.2. The zero-order valence-corrected chi connectivity index (χ0v) is 10.2. The third-order valence-electron chi connectivity index (χ3n) is 4.00. The fourth-order valence-electron chi connectivity index (χ4n) is 3.08. The predicted octanol–water partition coefficient (Wildman–Crippen LogP) is 2.80. The summed E-state index contributed by atoms with van der Waals surface area (Å²) in [6.07, 6.45) is 4.48. The number of amides is 1. The van der Waals surface area contributed by atoms with Crippen LogP contribution in [0.25, 0.3) is 0 Å². The van der Waals surface area contributed by atoms with Crippen LogP contribution in [-0.2, 0) is 4.79 Å². The van der Waals surface area contributed by atoms with Crippen molar-refractivity contribution in [3.05, 3.63) is 11.8 Å². The van der Waals surface area contributed by atoms with Crippen LogP contribution < -0.4 is 0 Å². The first-order valence-electron chi connectivity index (χ1n) is 6.03. The van der Waals surface area contributed by atoms with Crippen molar-refractivity contribution in [3.63, 3.8) is 0 Å². The second kappa shape index (κ2) is 3.66. The first kappa shape index (κ1) is 10.7.